The van der Waals surface area contributed by atoms with Crippen molar-refractivity contribution in [1.82, 2.24) is 5.32 Å². The molecule has 0 aliphatic heterocycles. The minimum absolute atomic E-state index is 0.0115. The summed E-state index contributed by atoms with van der Waals surface area (Å²) in [4.78, 5) is 23.6. The minimum Gasteiger partial charge on any atom is -0.350 e. The molecule has 2 rings (SSSR count). The van der Waals surface area contributed by atoms with Crippen LogP contribution in [0.15, 0.2) is 30.4 Å². The summed E-state index contributed by atoms with van der Waals surface area (Å²) in [5.41, 5.74) is 0.0115. The van der Waals surface area contributed by atoms with Crippen molar-refractivity contribution < 1.29 is 18.4 Å². The first kappa shape index (κ1) is 16.3. The largest absolute Gasteiger partial charge is 0.350 e. The summed E-state index contributed by atoms with van der Waals surface area (Å²) in [5.74, 6) is -2.95. The number of carbonyl (C=O) groups is 2. The lowest BCUT2D eigenvalue weighted by Gasteiger charge is -2.14. The molecule has 0 bridgehead atoms. The zero-order chi connectivity index (χ0) is 15.9. The van der Waals surface area contributed by atoms with Crippen LogP contribution in [0.1, 0.15) is 48.9 Å². The lowest BCUT2D eigenvalue weighted by molar-refractivity contribution is -0.117. The first-order valence-corrected chi connectivity index (χ1v) is 7.54. The van der Waals surface area contributed by atoms with Crippen LogP contribution in [0.3, 0.4) is 0 Å². The van der Waals surface area contributed by atoms with Gasteiger partial charge in [-0.05, 0) is 37.1 Å². The highest BCUT2D eigenvalue weighted by atomic mass is 19.2. The molecule has 1 aliphatic rings. The number of allylic oxidation sites excluding steroid dienone is 1. The van der Waals surface area contributed by atoms with E-state index < -0.39 is 17.4 Å². The molecule has 0 atom stereocenters. The maximum atomic E-state index is 13.1. The van der Waals surface area contributed by atoms with Crippen LogP contribution < -0.4 is 5.32 Å². The van der Waals surface area contributed by atoms with E-state index in [4.69, 9.17) is 0 Å². The average Bonchev–Trinajstić information content (AvgIpc) is 2.76. The molecule has 0 unspecified atom stereocenters. The van der Waals surface area contributed by atoms with Crippen LogP contribution in [0.25, 0.3) is 0 Å². The summed E-state index contributed by atoms with van der Waals surface area (Å²) in [6, 6.07) is 3.06. The van der Waals surface area contributed by atoms with Crippen molar-refractivity contribution in [2.45, 2.75) is 44.6 Å². The molecule has 1 aromatic rings. The molecule has 22 heavy (non-hydrogen) atoms. The predicted octanol–water partition coefficient (Wildman–Crippen LogP) is 3.54. The first-order valence-electron chi connectivity index (χ1n) is 7.54. The molecule has 1 saturated carbocycles. The molecule has 1 N–H and O–H groups in total. The molecule has 5 heteroatoms. The van der Waals surface area contributed by atoms with Crippen molar-refractivity contribution in [3.05, 3.63) is 47.5 Å². The van der Waals surface area contributed by atoms with E-state index in [1.54, 1.807) is 0 Å². The molecule has 0 heterocycles. The molecule has 1 amide bonds. The van der Waals surface area contributed by atoms with Gasteiger partial charge in [-0.2, -0.15) is 0 Å². The van der Waals surface area contributed by atoms with Crippen LogP contribution in [0.2, 0.25) is 0 Å². The Morgan fingerprint density at radius 3 is 2.32 bits per heavy atom. The second kappa shape index (κ2) is 7.82. The van der Waals surface area contributed by atoms with Crippen molar-refractivity contribution in [3.8, 4) is 0 Å². The van der Waals surface area contributed by atoms with E-state index in [0.29, 0.717) is 0 Å². The van der Waals surface area contributed by atoms with Crippen LogP contribution >= 0.6 is 0 Å². The van der Waals surface area contributed by atoms with E-state index in [9.17, 15) is 18.4 Å². The zero-order valence-corrected chi connectivity index (χ0v) is 12.3. The van der Waals surface area contributed by atoms with Crippen LogP contribution in [0, 0.1) is 11.6 Å². The van der Waals surface area contributed by atoms with Crippen LogP contribution in [0.4, 0.5) is 8.78 Å². The Morgan fingerprint density at radius 2 is 1.68 bits per heavy atom. The van der Waals surface area contributed by atoms with Crippen LogP contribution in [-0.4, -0.2) is 17.7 Å². The SMILES string of the molecule is O=C(/C=C/C(=O)c1ccc(F)c(F)c1)NC1CCCCCC1. The molecule has 118 valence electrons. The third-order valence-electron chi connectivity index (χ3n) is 3.79. The summed E-state index contributed by atoms with van der Waals surface area (Å²) in [5, 5.41) is 2.87. The fraction of sp³-hybridized carbons (Fsp3) is 0.412. The third kappa shape index (κ3) is 4.76. The van der Waals surface area contributed by atoms with Crippen molar-refractivity contribution in [2.24, 2.45) is 0 Å². The minimum atomic E-state index is -1.08. The molecule has 0 radical (unpaired) electrons. The molecule has 0 aromatic heterocycles. The van der Waals surface area contributed by atoms with Gasteiger partial charge in [-0.3, -0.25) is 9.59 Å². The fourth-order valence-corrected chi connectivity index (χ4v) is 2.57. The Balaban J connectivity index is 1.90. The molecule has 1 fully saturated rings. The number of hydrogen-bond donors (Lipinski definition) is 1. The van der Waals surface area contributed by atoms with Crippen molar-refractivity contribution in [2.75, 3.05) is 0 Å². The Morgan fingerprint density at radius 1 is 1.00 bits per heavy atom. The topological polar surface area (TPSA) is 46.2 Å². The Hall–Kier alpha value is -2.04. The van der Waals surface area contributed by atoms with Crippen molar-refractivity contribution in [1.29, 1.82) is 0 Å². The van der Waals surface area contributed by atoms with Gasteiger partial charge >= 0.3 is 0 Å². The highest BCUT2D eigenvalue weighted by molar-refractivity contribution is 6.07. The number of hydrogen-bond acceptors (Lipinski definition) is 2. The molecule has 0 spiro atoms. The molecule has 0 saturated heterocycles. The van der Waals surface area contributed by atoms with E-state index in [-0.39, 0.29) is 17.5 Å². The molecular weight excluding hydrogens is 288 g/mol. The number of halogens is 2. The van der Waals surface area contributed by atoms with Crippen molar-refractivity contribution >= 4 is 11.7 Å². The van der Waals surface area contributed by atoms with Crippen LogP contribution in [-0.2, 0) is 4.79 Å². The summed E-state index contributed by atoms with van der Waals surface area (Å²) in [7, 11) is 0. The number of benzene rings is 1. The van der Waals surface area contributed by atoms with E-state index in [2.05, 4.69) is 5.32 Å². The Bertz CT molecular complexity index is 576. The van der Waals surface area contributed by atoms with E-state index in [1.165, 1.54) is 18.9 Å². The van der Waals surface area contributed by atoms with Gasteiger partial charge in [0, 0.05) is 17.7 Å². The predicted molar refractivity (Wildman–Crippen MR) is 79.5 cm³/mol. The third-order valence-corrected chi connectivity index (χ3v) is 3.79. The highest BCUT2D eigenvalue weighted by Crippen LogP contribution is 2.17. The van der Waals surface area contributed by atoms with Gasteiger partial charge in [0.15, 0.2) is 17.4 Å². The fourth-order valence-electron chi connectivity index (χ4n) is 2.57. The monoisotopic (exact) mass is 307 g/mol. The number of ketones is 1. The number of nitrogens with one attached hydrogen (secondary N) is 1. The molecular formula is C17H19F2NO2. The second-order valence-corrected chi connectivity index (χ2v) is 5.52. The maximum absolute atomic E-state index is 13.1. The van der Waals surface area contributed by atoms with E-state index in [1.807, 2.05) is 0 Å². The van der Waals surface area contributed by atoms with Gasteiger partial charge in [0.1, 0.15) is 0 Å². The molecule has 1 aromatic carbocycles. The van der Waals surface area contributed by atoms with Gasteiger partial charge < -0.3 is 5.32 Å². The van der Waals surface area contributed by atoms with E-state index in [0.717, 1.165) is 50.0 Å². The second-order valence-electron chi connectivity index (χ2n) is 5.52. The molecule has 1 aliphatic carbocycles. The van der Waals surface area contributed by atoms with Gasteiger partial charge in [0.05, 0.1) is 0 Å². The summed E-state index contributed by atoms with van der Waals surface area (Å²) >= 11 is 0. The van der Waals surface area contributed by atoms with Gasteiger partial charge in [0.25, 0.3) is 0 Å². The average molecular weight is 307 g/mol. The number of carbonyl (C=O) groups excluding carboxylic acids is 2. The number of amides is 1. The highest BCUT2D eigenvalue weighted by Gasteiger charge is 2.13. The summed E-state index contributed by atoms with van der Waals surface area (Å²) < 4.78 is 25.9. The Kier molecular flexibility index (Phi) is 5.81. The lowest BCUT2D eigenvalue weighted by atomic mass is 10.1. The lowest BCUT2D eigenvalue weighted by Crippen LogP contribution is -2.33. The zero-order valence-electron chi connectivity index (χ0n) is 12.3. The number of rotatable bonds is 4. The molecule has 3 nitrogen and oxygen atoms in total. The maximum Gasteiger partial charge on any atom is 0.244 e. The smallest absolute Gasteiger partial charge is 0.244 e. The van der Waals surface area contributed by atoms with E-state index >= 15 is 0 Å². The van der Waals surface area contributed by atoms with Crippen molar-refractivity contribution in [3.63, 3.8) is 0 Å². The van der Waals surface area contributed by atoms with Crippen LogP contribution in [0.5, 0.6) is 0 Å². The normalized spacial score (nSPS) is 16.5. The van der Waals surface area contributed by atoms with Gasteiger partial charge in [-0.1, -0.05) is 25.7 Å². The van der Waals surface area contributed by atoms with Gasteiger partial charge in [-0.25, -0.2) is 8.78 Å². The summed E-state index contributed by atoms with van der Waals surface area (Å²) in [6.07, 6.45) is 8.72. The van der Waals surface area contributed by atoms with Gasteiger partial charge in [0.2, 0.25) is 5.91 Å². The quantitative estimate of drug-likeness (QED) is 0.525. The standard InChI is InChI=1S/C17H19F2NO2/c18-14-8-7-12(11-15(14)19)16(21)9-10-17(22)20-13-5-3-1-2-4-6-13/h7-11,13H,1-6H2,(H,20,22)/b10-9+. The van der Waals surface area contributed by atoms with Gasteiger partial charge in [-0.15, -0.1) is 0 Å². The first-order chi connectivity index (χ1) is 10.6. The summed E-state index contributed by atoms with van der Waals surface area (Å²) in [6.45, 7) is 0. The Labute approximate surface area is 128 Å².